The van der Waals surface area contributed by atoms with Crippen LogP contribution in [-0.2, 0) is 0 Å². The van der Waals surface area contributed by atoms with Gasteiger partial charge in [0.2, 0.25) is 5.82 Å². The van der Waals surface area contributed by atoms with Crippen molar-refractivity contribution >= 4 is 28.2 Å². The zero-order valence-corrected chi connectivity index (χ0v) is 11.3. The summed E-state index contributed by atoms with van der Waals surface area (Å²) in [7, 11) is 0. The van der Waals surface area contributed by atoms with E-state index in [1.54, 1.807) is 16.8 Å². The van der Waals surface area contributed by atoms with E-state index in [-0.39, 0.29) is 0 Å². The zero-order chi connectivity index (χ0) is 13.7. The average molecular weight is 285 g/mol. The van der Waals surface area contributed by atoms with Gasteiger partial charge in [0, 0.05) is 10.4 Å². The first kappa shape index (κ1) is 11.4. The van der Waals surface area contributed by atoms with Crippen LogP contribution in [0.4, 0.5) is 0 Å². The van der Waals surface area contributed by atoms with Crippen LogP contribution in [0.1, 0.15) is 5.82 Å². The van der Waals surface area contributed by atoms with Gasteiger partial charge in [-0.2, -0.15) is 4.52 Å². The van der Waals surface area contributed by atoms with Crippen LogP contribution in [0.3, 0.4) is 0 Å². The Hall–Kier alpha value is -2.40. The Kier molecular flexibility index (Phi) is 2.31. The number of halogens is 1. The van der Waals surface area contributed by atoms with Crippen molar-refractivity contribution in [3.63, 3.8) is 0 Å². The van der Waals surface area contributed by atoms with Crippen LogP contribution in [0.5, 0.6) is 0 Å². The molecule has 4 rings (SSSR count). The summed E-state index contributed by atoms with van der Waals surface area (Å²) in [5, 5.41) is 5.96. The molecule has 98 valence electrons. The molecule has 0 bridgehead atoms. The van der Waals surface area contributed by atoms with Gasteiger partial charge in [-0.1, -0.05) is 11.6 Å². The molecule has 6 heteroatoms. The fourth-order valence-corrected chi connectivity index (χ4v) is 2.40. The largest absolute Gasteiger partial charge is 0.461 e. The third-order valence-corrected chi connectivity index (χ3v) is 3.37. The molecule has 0 amide bonds. The molecule has 0 unspecified atom stereocenters. The third-order valence-electron chi connectivity index (χ3n) is 3.14. The Morgan fingerprint density at radius 2 is 2.10 bits per heavy atom. The molecule has 0 atom stereocenters. The quantitative estimate of drug-likeness (QED) is 0.537. The number of aromatic nitrogens is 4. The standard InChI is InChI=1S/C14H9ClN4O/c1-8-16-11-5-4-9(15)7-10(11)14-17-13(18-19(8)14)12-3-2-6-20-12/h2-7H,1H3. The molecule has 0 fully saturated rings. The van der Waals surface area contributed by atoms with Gasteiger partial charge >= 0.3 is 0 Å². The van der Waals surface area contributed by atoms with Crippen molar-refractivity contribution in [1.82, 2.24) is 19.6 Å². The van der Waals surface area contributed by atoms with Crippen molar-refractivity contribution in [3.05, 3.63) is 47.4 Å². The van der Waals surface area contributed by atoms with Crippen molar-refractivity contribution in [2.75, 3.05) is 0 Å². The van der Waals surface area contributed by atoms with Crippen LogP contribution in [0.25, 0.3) is 28.1 Å². The minimum Gasteiger partial charge on any atom is -0.461 e. The highest BCUT2D eigenvalue weighted by atomic mass is 35.5. The Morgan fingerprint density at radius 3 is 2.90 bits per heavy atom. The summed E-state index contributed by atoms with van der Waals surface area (Å²) in [4.78, 5) is 9.06. The maximum absolute atomic E-state index is 6.06. The molecular weight excluding hydrogens is 276 g/mol. The molecule has 3 aromatic heterocycles. The van der Waals surface area contributed by atoms with Crippen LogP contribution in [0.2, 0.25) is 5.02 Å². The van der Waals surface area contributed by atoms with Gasteiger partial charge in [0.1, 0.15) is 5.82 Å². The predicted molar refractivity (Wildman–Crippen MR) is 75.7 cm³/mol. The fourth-order valence-electron chi connectivity index (χ4n) is 2.23. The number of rotatable bonds is 1. The van der Waals surface area contributed by atoms with Gasteiger partial charge in [-0.05, 0) is 37.3 Å². The summed E-state index contributed by atoms with van der Waals surface area (Å²) in [6, 6.07) is 9.18. The highest BCUT2D eigenvalue weighted by molar-refractivity contribution is 6.31. The van der Waals surface area contributed by atoms with Crippen molar-refractivity contribution in [2.45, 2.75) is 6.92 Å². The van der Waals surface area contributed by atoms with Gasteiger partial charge in [-0.15, -0.1) is 5.10 Å². The van der Waals surface area contributed by atoms with E-state index in [9.17, 15) is 0 Å². The van der Waals surface area contributed by atoms with Crippen molar-refractivity contribution in [3.8, 4) is 11.6 Å². The topological polar surface area (TPSA) is 56.2 Å². The van der Waals surface area contributed by atoms with E-state index in [0.29, 0.717) is 16.6 Å². The summed E-state index contributed by atoms with van der Waals surface area (Å²) < 4.78 is 7.04. The number of nitrogens with zero attached hydrogens (tertiary/aromatic N) is 4. The summed E-state index contributed by atoms with van der Waals surface area (Å²) >= 11 is 6.06. The second-order valence-corrected chi connectivity index (χ2v) is 4.91. The van der Waals surface area contributed by atoms with Crippen molar-refractivity contribution in [1.29, 1.82) is 0 Å². The first-order chi connectivity index (χ1) is 9.72. The minimum absolute atomic E-state index is 0.535. The van der Waals surface area contributed by atoms with E-state index in [1.807, 2.05) is 31.2 Å². The SMILES string of the molecule is Cc1nc2ccc(Cl)cc2c2nc(-c3ccco3)nn12. The van der Waals surface area contributed by atoms with Crippen molar-refractivity contribution in [2.24, 2.45) is 0 Å². The number of benzene rings is 1. The van der Waals surface area contributed by atoms with Crippen molar-refractivity contribution < 1.29 is 4.42 Å². The molecule has 0 radical (unpaired) electrons. The van der Waals surface area contributed by atoms with E-state index >= 15 is 0 Å². The molecule has 5 nitrogen and oxygen atoms in total. The van der Waals surface area contributed by atoms with Gasteiger partial charge in [-0.3, -0.25) is 0 Å². The third kappa shape index (κ3) is 1.60. The van der Waals surface area contributed by atoms with E-state index in [0.717, 1.165) is 22.4 Å². The molecule has 3 heterocycles. The minimum atomic E-state index is 0.535. The lowest BCUT2D eigenvalue weighted by Gasteiger charge is -2.02. The molecule has 0 saturated carbocycles. The number of furan rings is 1. The Balaban J connectivity index is 2.12. The van der Waals surface area contributed by atoms with Crippen LogP contribution in [0.15, 0.2) is 41.0 Å². The molecule has 0 aliphatic carbocycles. The fraction of sp³-hybridized carbons (Fsp3) is 0.0714. The van der Waals surface area contributed by atoms with E-state index in [4.69, 9.17) is 16.0 Å². The molecular formula is C14H9ClN4O. The maximum Gasteiger partial charge on any atom is 0.217 e. The lowest BCUT2D eigenvalue weighted by atomic mass is 10.2. The Morgan fingerprint density at radius 1 is 1.20 bits per heavy atom. The second-order valence-electron chi connectivity index (χ2n) is 4.47. The molecule has 1 aromatic carbocycles. The highest BCUT2D eigenvalue weighted by Gasteiger charge is 2.14. The summed E-state index contributed by atoms with van der Waals surface area (Å²) in [5.41, 5.74) is 1.57. The van der Waals surface area contributed by atoms with E-state index < -0.39 is 0 Å². The van der Waals surface area contributed by atoms with Crippen LogP contribution < -0.4 is 0 Å². The van der Waals surface area contributed by atoms with Gasteiger partial charge in [-0.25, -0.2) is 9.97 Å². The normalized spacial score (nSPS) is 11.5. The predicted octanol–water partition coefficient (Wildman–Crippen LogP) is 3.50. The number of hydrogen-bond acceptors (Lipinski definition) is 4. The van der Waals surface area contributed by atoms with Gasteiger partial charge < -0.3 is 4.42 Å². The molecule has 0 aliphatic rings. The van der Waals surface area contributed by atoms with Crippen LogP contribution >= 0.6 is 11.6 Å². The first-order valence-electron chi connectivity index (χ1n) is 6.09. The maximum atomic E-state index is 6.06. The van der Waals surface area contributed by atoms with Crippen LogP contribution in [0, 0.1) is 6.92 Å². The number of hydrogen-bond donors (Lipinski definition) is 0. The molecule has 0 aliphatic heterocycles. The summed E-state index contributed by atoms with van der Waals surface area (Å²) in [6.45, 7) is 1.89. The molecule has 0 N–H and O–H groups in total. The van der Waals surface area contributed by atoms with E-state index in [1.165, 1.54) is 0 Å². The van der Waals surface area contributed by atoms with E-state index in [2.05, 4.69) is 15.1 Å². The van der Waals surface area contributed by atoms with Gasteiger partial charge in [0.25, 0.3) is 0 Å². The molecule has 0 spiro atoms. The molecule has 0 saturated heterocycles. The van der Waals surface area contributed by atoms with Crippen LogP contribution in [-0.4, -0.2) is 19.6 Å². The molecule has 4 aromatic rings. The summed E-state index contributed by atoms with van der Waals surface area (Å²) in [5.74, 6) is 1.93. The number of fused-ring (bicyclic) bond motifs is 3. The lowest BCUT2D eigenvalue weighted by molar-refractivity contribution is 0.577. The monoisotopic (exact) mass is 284 g/mol. The first-order valence-corrected chi connectivity index (χ1v) is 6.47. The lowest BCUT2D eigenvalue weighted by Crippen LogP contribution is -1.98. The second kappa shape index (κ2) is 4.05. The Bertz CT molecular complexity index is 927. The zero-order valence-electron chi connectivity index (χ0n) is 10.5. The highest BCUT2D eigenvalue weighted by Crippen LogP contribution is 2.24. The van der Waals surface area contributed by atoms with Gasteiger partial charge in [0.15, 0.2) is 11.4 Å². The average Bonchev–Trinajstić information content (AvgIpc) is 3.08. The number of aryl methyl sites for hydroxylation is 1. The van der Waals surface area contributed by atoms with Gasteiger partial charge in [0.05, 0.1) is 11.8 Å². The molecule has 20 heavy (non-hydrogen) atoms. The smallest absolute Gasteiger partial charge is 0.217 e. The summed E-state index contributed by atoms with van der Waals surface area (Å²) in [6.07, 6.45) is 1.60. The Labute approximate surface area is 118 Å².